The topological polar surface area (TPSA) is 40.9 Å². The van der Waals surface area contributed by atoms with E-state index in [0.717, 1.165) is 37.7 Å². The smallest absolute Gasteiger partial charge is 0.129 e. The lowest BCUT2D eigenvalue weighted by atomic mass is 10.0. The Kier molecular flexibility index (Phi) is 6.03. The molecule has 0 radical (unpaired) electrons. The third-order valence-electron chi connectivity index (χ3n) is 2.83. The molecule has 0 fully saturated rings. The number of hydrogen-bond acceptors (Lipinski definition) is 2. The lowest BCUT2D eigenvalue weighted by Gasteiger charge is -2.01. The lowest BCUT2D eigenvalue weighted by molar-refractivity contribution is -0.117. The predicted molar refractivity (Wildman–Crippen MR) is 68.6 cm³/mol. The molecule has 0 spiro atoms. The van der Waals surface area contributed by atoms with Crippen LogP contribution >= 0.6 is 0 Å². The molecule has 0 atom stereocenters. The van der Waals surface area contributed by atoms with Crippen LogP contribution in [-0.4, -0.2) is 5.78 Å². The summed E-state index contributed by atoms with van der Waals surface area (Å²) >= 11 is 0. The molecule has 1 aromatic carbocycles. The first-order chi connectivity index (χ1) is 8.22. The van der Waals surface area contributed by atoms with Gasteiger partial charge in [-0.25, -0.2) is 0 Å². The minimum Gasteiger partial charge on any atom is -0.300 e. The second-order valence-corrected chi connectivity index (χ2v) is 4.42. The summed E-state index contributed by atoms with van der Waals surface area (Å²) in [5, 5.41) is 8.67. The minimum atomic E-state index is 0.289. The highest BCUT2D eigenvalue weighted by atomic mass is 16.1. The van der Waals surface area contributed by atoms with Gasteiger partial charge in [-0.2, -0.15) is 5.26 Å². The minimum absolute atomic E-state index is 0.289. The van der Waals surface area contributed by atoms with Gasteiger partial charge in [0.2, 0.25) is 0 Å². The fourth-order valence-electron chi connectivity index (χ4n) is 1.80. The van der Waals surface area contributed by atoms with E-state index in [2.05, 4.69) is 6.07 Å². The Hall–Kier alpha value is -1.62. The molecule has 0 aromatic heterocycles. The van der Waals surface area contributed by atoms with Gasteiger partial charge in [0.15, 0.2) is 0 Å². The maximum absolute atomic E-state index is 10.7. The first-order valence-corrected chi connectivity index (χ1v) is 6.21. The number of benzene rings is 1. The van der Waals surface area contributed by atoms with Gasteiger partial charge in [0.25, 0.3) is 0 Å². The van der Waals surface area contributed by atoms with Crippen LogP contribution in [0.5, 0.6) is 0 Å². The van der Waals surface area contributed by atoms with Crippen molar-refractivity contribution in [2.45, 2.75) is 45.4 Å². The SMILES string of the molecule is CC(=O)CCCCCCc1ccc(C#N)cc1. The van der Waals surface area contributed by atoms with E-state index < -0.39 is 0 Å². The summed E-state index contributed by atoms with van der Waals surface area (Å²) in [5.74, 6) is 0.289. The number of Topliss-reactive ketones (excluding diaryl/α,β-unsaturated/α-hetero) is 1. The quantitative estimate of drug-likeness (QED) is 0.670. The highest BCUT2D eigenvalue weighted by molar-refractivity contribution is 5.75. The molecule has 1 rings (SSSR count). The molecule has 0 aliphatic carbocycles. The van der Waals surface area contributed by atoms with Crippen molar-refractivity contribution < 1.29 is 4.79 Å². The number of nitriles is 1. The number of unbranched alkanes of at least 4 members (excludes halogenated alkanes) is 3. The maximum Gasteiger partial charge on any atom is 0.129 e. The fourth-order valence-corrected chi connectivity index (χ4v) is 1.80. The van der Waals surface area contributed by atoms with Gasteiger partial charge in [0, 0.05) is 6.42 Å². The molecule has 0 heterocycles. The average Bonchev–Trinajstić information content (AvgIpc) is 2.34. The van der Waals surface area contributed by atoms with Crippen molar-refractivity contribution in [3.8, 4) is 6.07 Å². The Morgan fingerprint density at radius 3 is 2.35 bits per heavy atom. The summed E-state index contributed by atoms with van der Waals surface area (Å²) in [5.41, 5.74) is 2.01. The number of ketones is 1. The summed E-state index contributed by atoms with van der Waals surface area (Å²) in [6.07, 6.45) is 6.26. The van der Waals surface area contributed by atoms with E-state index >= 15 is 0 Å². The largest absolute Gasteiger partial charge is 0.300 e. The molecule has 0 aliphatic heterocycles. The Bertz CT molecular complexity index is 386. The zero-order chi connectivity index (χ0) is 12.5. The highest BCUT2D eigenvalue weighted by Crippen LogP contribution is 2.10. The van der Waals surface area contributed by atoms with Gasteiger partial charge in [-0.15, -0.1) is 0 Å². The maximum atomic E-state index is 10.7. The number of nitrogens with zero attached hydrogens (tertiary/aromatic N) is 1. The first-order valence-electron chi connectivity index (χ1n) is 6.21. The van der Waals surface area contributed by atoms with E-state index in [9.17, 15) is 4.79 Å². The van der Waals surface area contributed by atoms with E-state index in [0.29, 0.717) is 0 Å². The summed E-state index contributed by atoms with van der Waals surface area (Å²) in [4.78, 5) is 10.7. The number of carbonyl (C=O) groups is 1. The van der Waals surface area contributed by atoms with Crippen LogP contribution < -0.4 is 0 Å². The number of hydrogen-bond donors (Lipinski definition) is 0. The molecular formula is C15H19NO. The average molecular weight is 229 g/mol. The highest BCUT2D eigenvalue weighted by Gasteiger charge is 1.96. The van der Waals surface area contributed by atoms with Gasteiger partial charge in [-0.1, -0.05) is 25.0 Å². The van der Waals surface area contributed by atoms with Crippen molar-refractivity contribution >= 4 is 5.78 Å². The molecule has 17 heavy (non-hydrogen) atoms. The first kappa shape index (κ1) is 13.4. The van der Waals surface area contributed by atoms with E-state index in [1.165, 1.54) is 12.0 Å². The van der Waals surface area contributed by atoms with Gasteiger partial charge in [0.05, 0.1) is 11.6 Å². The second-order valence-electron chi connectivity index (χ2n) is 4.42. The molecule has 0 saturated carbocycles. The van der Waals surface area contributed by atoms with Crippen LogP contribution in [0.1, 0.15) is 50.2 Å². The monoisotopic (exact) mass is 229 g/mol. The van der Waals surface area contributed by atoms with Crippen LogP contribution in [0.4, 0.5) is 0 Å². The molecule has 0 aliphatic rings. The van der Waals surface area contributed by atoms with Gasteiger partial charge in [0.1, 0.15) is 5.78 Å². The molecule has 0 amide bonds. The van der Waals surface area contributed by atoms with Crippen molar-refractivity contribution in [3.63, 3.8) is 0 Å². The van der Waals surface area contributed by atoms with E-state index in [4.69, 9.17) is 5.26 Å². The zero-order valence-electron chi connectivity index (χ0n) is 10.4. The Morgan fingerprint density at radius 2 is 1.76 bits per heavy atom. The van der Waals surface area contributed by atoms with Crippen LogP contribution in [0.15, 0.2) is 24.3 Å². The molecule has 2 nitrogen and oxygen atoms in total. The molecule has 2 heteroatoms. The van der Waals surface area contributed by atoms with Crippen molar-refractivity contribution in [3.05, 3.63) is 35.4 Å². The van der Waals surface area contributed by atoms with Gasteiger partial charge in [-0.3, -0.25) is 0 Å². The van der Waals surface area contributed by atoms with E-state index in [1.807, 2.05) is 24.3 Å². The van der Waals surface area contributed by atoms with Crippen molar-refractivity contribution in [1.82, 2.24) is 0 Å². The molecule has 1 aromatic rings. The summed E-state index contributed by atoms with van der Waals surface area (Å²) in [6.45, 7) is 1.65. The van der Waals surface area contributed by atoms with Gasteiger partial charge >= 0.3 is 0 Å². The Morgan fingerprint density at radius 1 is 1.12 bits per heavy atom. The third kappa shape index (κ3) is 5.87. The zero-order valence-corrected chi connectivity index (χ0v) is 10.4. The molecular weight excluding hydrogens is 210 g/mol. The predicted octanol–water partition coefficient (Wildman–Crippen LogP) is 3.64. The van der Waals surface area contributed by atoms with Crippen LogP contribution in [0.25, 0.3) is 0 Å². The van der Waals surface area contributed by atoms with E-state index in [1.54, 1.807) is 6.92 Å². The lowest BCUT2D eigenvalue weighted by Crippen LogP contribution is -1.90. The third-order valence-corrected chi connectivity index (χ3v) is 2.83. The van der Waals surface area contributed by atoms with Gasteiger partial charge < -0.3 is 4.79 Å². The number of carbonyl (C=O) groups excluding carboxylic acids is 1. The Balaban J connectivity index is 2.14. The van der Waals surface area contributed by atoms with Gasteiger partial charge in [-0.05, 0) is 43.9 Å². The van der Waals surface area contributed by atoms with Crippen molar-refractivity contribution in [2.75, 3.05) is 0 Å². The second kappa shape index (κ2) is 7.62. The Labute approximate surface area is 103 Å². The fraction of sp³-hybridized carbons (Fsp3) is 0.467. The van der Waals surface area contributed by atoms with Crippen LogP contribution in [0.2, 0.25) is 0 Å². The molecule has 0 bridgehead atoms. The molecule has 90 valence electrons. The summed E-state index contributed by atoms with van der Waals surface area (Å²) in [6, 6.07) is 9.89. The summed E-state index contributed by atoms with van der Waals surface area (Å²) in [7, 11) is 0. The molecule has 0 N–H and O–H groups in total. The standard InChI is InChI=1S/C15H19NO/c1-13(17)6-4-2-3-5-7-14-8-10-15(12-16)11-9-14/h8-11H,2-7H2,1H3. The van der Waals surface area contributed by atoms with Crippen molar-refractivity contribution in [1.29, 1.82) is 5.26 Å². The number of rotatable bonds is 7. The molecule has 0 unspecified atom stereocenters. The van der Waals surface area contributed by atoms with E-state index in [-0.39, 0.29) is 5.78 Å². The van der Waals surface area contributed by atoms with Crippen LogP contribution in [0, 0.1) is 11.3 Å². The number of aryl methyl sites for hydroxylation is 1. The van der Waals surface area contributed by atoms with Crippen molar-refractivity contribution in [2.24, 2.45) is 0 Å². The van der Waals surface area contributed by atoms with Crippen LogP contribution in [-0.2, 0) is 11.2 Å². The summed E-state index contributed by atoms with van der Waals surface area (Å²) < 4.78 is 0. The van der Waals surface area contributed by atoms with Crippen LogP contribution in [0.3, 0.4) is 0 Å². The molecule has 0 saturated heterocycles. The normalized spacial score (nSPS) is 9.88.